The monoisotopic (exact) mass is 487 g/mol. The molecule has 0 fully saturated rings. The SMILES string of the molecule is CCOC(=O)C(CC(C)(C)F)NC(c1ccc(-c2cc(C(C)=O)ccc2O)c(F)c1)C(F)(F)F. The summed E-state index contributed by atoms with van der Waals surface area (Å²) in [5.41, 5.74) is -2.68. The Hall–Kier alpha value is -3.01. The molecule has 0 amide bonds. The lowest BCUT2D eigenvalue weighted by Gasteiger charge is -2.29. The van der Waals surface area contributed by atoms with E-state index in [1.54, 1.807) is 0 Å². The Morgan fingerprint density at radius 2 is 1.71 bits per heavy atom. The summed E-state index contributed by atoms with van der Waals surface area (Å²) < 4.78 is 75.6. The Bertz CT molecular complexity index is 1050. The van der Waals surface area contributed by atoms with Gasteiger partial charge in [-0.25, -0.2) is 8.78 Å². The molecule has 2 N–H and O–H groups in total. The van der Waals surface area contributed by atoms with Gasteiger partial charge in [0.25, 0.3) is 0 Å². The third kappa shape index (κ3) is 6.99. The average Bonchev–Trinajstić information content (AvgIpc) is 2.70. The second kappa shape index (κ2) is 10.5. The lowest BCUT2D eigenvalue weighted by atomic mass is 9.95. The number of hydrogen-bond acceptors (Lipinski definition) is 5. The van der Waals surface area contributed by atoms with Gasteiger partial charge in [-0.15, -0.1) is 0 Å². The lowest BCUT2D eigenvalue weighted by Crippen LogP contribution is -2.47. The second-order valence-electron chi connectivity index (χ2n) is 8.40. The van der Waals surface area contributed by atoms with Crippen LogP contribution < -0.4 is 5.32 Å². The number of phenolic OH excluding ortho intramolecular Hbond substituents is 1. The highest BCUT2D eigenvalue weighted by Gasteiger charge is 2.44. The number of halogens is 5. The van der Waals surface area contributed by atoms with Crippen LogP contribution in [0.4, 0.5) is 22.0 Å². The normalized spacial score (nSPS) is 13.9. The summed E-state index contributed by atoms with van der Waals surface area (Å²) in [4.78, 5) is 23.8. The van der Waals surface area contributed by atoms with Gasteiger partial charge in [-0.3, -0.25) is 14.9 Å². The standard InChI is InChI=1S/C24H26F5NO4/c1-5-34-22(33)19(12-23(3,4)26)30-21(24(27,28)29)15-6-8-16(18(25)11-15)17-10-14(13(2)31)7-9-20(17)32/h6-11,19,21,30,32H,5,12H2,1-4H3. The summed E-state index contributed by atoms with van der Waals surface area (Å²) in [7, 11) is 0. The number of phenols is 1. The molecule has 0 aromatic heterocycles. The Morgan fingerprint density at radius 3 is 2.21 bits per heavy atom. The molecular formula is C24H26F5NO4. The molecule has 2 atom stereocenters. The molecule has 0 heterocycles. The Kier molecular flexibility index (Phi) is 8.41. The molecular weight excluding hydrogens is 461 g/mol. The van der Waals surface area contributed by atoms with Gasteiger partial charge < -0.3 is 9.84 Å². The van der Waals surface area contributed by atoms with Crippen LogP contribution in [0.2, 0.25) is 0 Å². The van der Waals surface area contributed by atoms with Crippen LogP contribution in [0.15, 0.2) is 36.4 Å². The van der Waals surface area contributed by atoms with Crippen molar-refractivity contribution in [3.8, 4) is 16.9 Å². The minimum Gasteiger partial charge on any atom is -0.507 e. The van der Waals surface area contributed by atoms with Crippen LogP contribution in [-0.2, 0) is 9.53 Å². The van der Waals surface area contributed by atoms with Crippen molar-refractivity contribution in [2.45, 2.75) is 58.0 Å². The molecule has 0 spiro atoms. The average molecular weight is 487 g/mol. The molecule has 0 aliphatic heterocycles. The van der Waals surface area contributed by atoms with Crippen molar-refractivity contribution in [2.75, 3.05) is 6.61 Å². The highest BCUT2D eigenvalue weighted by molar-refractivity contribution is 5.96. The number of ether oxygens (including phenoxy) is 1. The van der Waals surface area contributed by atoms with E-state index < -0.39 is 47.7 Å². The number of Topliss-reactive ketones (excluding diaryl/α,β-unsaturated/α-hetero) is 1. The first-order valence-corrected chi connectivity index (χ1v) is 10.5. The van der Waals surface area contributed by atoms with Gasteiger partial charge >= 0.3 is 12.1 Å². The predicted molar refractivity (Wildman–Crippen MR) is 116 cm³/mol. The number of esters is 1. The van der Waals surface area contributed by atoms with Crippen LogP contribution in [0.25, 0.3) is 11.1 Å². The van der Waals surface area contributed by atoms with Gasteiger partial charge in [0.15, 0.2) is 5.78 Å². The van der Waals surface area contributed by atoms with Gasteiger partial charge in [-0.1, -0.05) is 12.1 Å². The van der Waals surface area contributed by atoms with Crippen LogP contribution in [0.1, 0.15) is 56.1 Å². The number of alkyl halides is 4. The number of rotatable bonds is 9. The van der Waals surface area contributed by atoms with Gasteiger partial charge in [0, 0.05) is 23.1 Å². The van der Waals surface area contributed by atoms with Crippen molar-refractivity contribution in [3.05, 3.63) is 53.3 Å². The van der Waals surface area contributed by atoms with Crippen LogP contribution >= 0.6 is 0 Å². The molecule has 5 nitrogen and oxygen atoms in total. The first-order chi connectivity index (χ1) is 15.6. The zero-order valence-corrected chi connectivity index (χ0v) is 19.1. The summed E-state index contributed by atoms with van der Waals surface area (Å²) in [6, 6.07) is 2.21. The quantitative estimate of drug-likeness (QED) is 0.271. The fourth-order valence-electron chi connectivity index (χ4n) is 3.42. The van der Waals surface area contributed by atoms with Gasteiger partial charge in [0.05, 0.1) is 6.61 Å². The molecule has 2 aromatic carbocycles. The van der Waals surface area contributed by atoms with Crippen LogP contribution in [0, 0.1) is 5.82 Å². The van der Waals surface area contributed by atoms with E-state index in [2.05, 4.69) is 5.32 Å². The molecule has 0 aliphatic rings. The Morgan fingerprint density at radius 1 is 1.06 bits per heavy atom. The first kappa shape index (κ1) is 27.2. The van der Waals surface area contributed by atoms with E-state index in [1.807, 2.05) is 0 Å². The van der Waals surface area contributed by atoms with Gasteiger partial charge in [0.1, 0.15) is 29.3 Å². The molecule has 0 radical (unpaired) electrons. The highest BCUT2D eigenvalue weighted by atomic mass is 19.4. The molecule has 34 heavy (non-hydrogen) atoms. The molecule has 0 saturated carbocycles. The maximum absolute atomic E-state index is 14.9. The van der Waals surface area contributed by atoms with E-state index in [0.717, 1.165) is 26.0 Å². The number of benzene rings is 2. The number of aromatic hydroxyl groups is 1. The van der Waals surface area contributed by atoms with Gasteiger partial charge in [0.2, 0.25) is 0 Å². The van der Waals surface area contributed by atoms with Crippen molar-refractivity contribution in [2.24, 2.45) is 0 Å². The van der Waals surface area contributed by atoms with E-state index >= 15 is 0 Å². The van der Waals surface area contributed by atoms with Crippen LogP contribution in [-0.4, -0.2) is 41.4 Å². The van der Waals surface area contributed by atoms with E-state index in [0.29, 0.717) is 6.07 Å². The van der Waals surface area contributed by atoms with Crippen LogP contribution in [0.5, 0.6) is 5.75 Å². The second-order valence-corrected chi connectivity index (χ2v) is 8.40. The zero-order chi connectivity index (χ0) is 25.8. The minimum absolute atomic E-state index is 0.0724. The highest BCUT2D eigenvalue weighted by Crippen LogP contribution is 2.38. The third-order valence-electron chi connectivity index (χ3n) is 4.98. The molecule has 0 aliphatic carbocycles. The fourth-order valence-corrected chi connectivity index (χ4v) is 3.42. The van der Waals surface area contributed by atoms with Crippen molar-refractivity contribution in [1.82, 2.24) is 5.32 Å². The maximum Gasteiger partial charge on any atom is 0.407 e. The molecule has 2 aromatic rings. The molecule has 2 unspecified atom stereocenters. The number of carbonyl (C=O) groups excluding carboxylic acids is 2. The molecule has 0 bridgehead atoms. The maximum atomic E-state index is 14.9. The van der Waals surface area contributed by atoms with E-state index in [4.69, 9.17) is 4.74 Å². The fraction of sp³-hybridized carbons (Fsp3) is 0.417. The van der Waals surface area contributed by atoms with E-state index in [9.17, 15) is 36.6 Å². The van der Waals surface area contributed by atoms with Gasteiger partial charge in [-0.2, -0.15) is 13.2 Å². The van der Waals surface area contributed by atoms with E-state index in [1.165, 1.54) is 32.0 Å². The van der Waals surface area contributed by atoms with Crippen LogP contribution in [0.3, 0.4) is 0 Å². The lowest BCUT2D eigenvalue weighted by molar-refractivity contribution is -0.165. The number of carbonyl (C=O) groups is 2. The topological polar surface area (TPSA) is 75.6 Å². The molecule has 2 rings (SSSR count). The first-order valence-electron chi connectivity index (χ1n) is 10.5. The third-order valence-corrected chi connectivity index (χ3v) is 4.98. The summed E-state index contributed by atoms with van der Waals surface area (Å²) in [5.74, 6) is -2.87. The Balaban J connectivity index is 2.49. The minimum atomic E-state index is -4.96. The number of hydrogen-bond donors (Lipinski definition) is 2. The van der Waals surface area contributed by atoms with Crippen molar-refractivity contribution in [1.29, 1.82) is 0 Å². The van der Waals surface area contributed by atoms with E-state index in [-0.39, 0.29) is 34.8 Å². The summed E-state index contributed by atoms with van der Waals surface area (Å²) in [6.07, 6.45) is -5.57. The summed E-state index contributed by atoms with van der Waals surface area (Å²) in [6.45, 7) is 4.83. The molecule has 186 valence electrons. The number of ketones is 1. The largest absolute Gasteiger partial charge is 0.507 e. The van der Waals surface area contributed by atoms with Gasteiger partial charge in [-0.05, 0) is 57.5 Å². The Labute approximate surface area is 193 Å². The van der Waals surface area contributed by atoms with Crippen molar-refractivity contribution >= 4 is 11.8 Å². The zero-order valence-electron chi connectivity index (χ0n) is 19.1. The molecule has 0 saturated heterocycles. The smallest absolute Gasteiger partial charge is 0.407 e. The summed E-state index contributed by atoms with van der Waals surface area (Å²) in [5, 5.41) is 12.2. The van der Waals surface area contributed by atoms with Crippen molar-refractivity contribution in [3.63, 3.8) is 0 Å². The molecule has 10 heteroatoms. The predicted octanol–water partition coefficient (Wildman–Crippen LogP) is 5.66. The van der Waals surface area contributed by atoms with Crippen molar-refractivity contribution < 1.29 is 41.4 Å². The number of nitrogens with one attached hydrogen (secondary N) is 1. The summed E-state index contributed by atoms with van der Waals surface area (Å²) >= 11 is 0.